The molecule has 0 saturated heterocycles. The topological polar surface area (TPSA) is 26.0 Å². The van der Waals surface area contributed by atoms with Gasteiger partial charge in [-0.05, 0) is 6.07 Å². The number of aromatic nitrogens is 1. The van der Waals surface area contributed by atoms with Crippen molar-refractivity contribution in [1.82, 2.24) is 4.98 Å². The molecule has 0 bridgehead atoms. The van der Waals surface area contributed by atoms with Crippen LogP contribution < -0.4 is 56.8 Å². The van der Waals surface area contributed by atoms with Gasteiger partial charge in [0, 0.05) is 6.92 Å². The summed E-state index contributed by atoms with van der Waals surface area (Å²) >= 11 is 0. The predicted octanol–water partition coefficient (Wildman–Crippen LogP) is -0.805. The summed E-state index contributed by atoms with van der Waals surface area (Å²) in [5, 5.41) is 0. The summed E-state index contributed by atoms with van der Waals surface area (Å²) in [5.41, 5.74) is -0.639. The van der Waals surface area contributed by atoms with Crippen molar-refractivity contribution in [3.63, 3.8) is 0 Å². The van der Waals surface area contributed by atoms with Crippen LogP contribution in [0.15, 0.2) is 22.6 Å². The summed E-state index contributed by atoms with van der Waals surface area (Å²) in [6.45, 7) is -3.52. The van der Waals surface area contributed by atoms with Gasteiger partial charge in [0.1, 0.15) is 11.1 Å². The molecule has 2 rings (SSSR count). The largest absolute Gasteiger partial charge is 1.00 e. The summed E-state index contributed by atoms with van der Waals surface area (Å²) in [4.78, 5) is 3.83. The van der Waals surface area contributed by atoms with Crippen molar-refractivity contribution in [3.05, 3.63) is 24.1 Å². The van der Waals surface area contributed by atoms with E-state index < -0.39 is 12.4 Å². The number of hydrogen-bond acceptors (Lipinski definition) is 2. The smallest absolute Gasteiger partial charge is 0.445 e. The van der Waals surface area contributed by atoms with Crippen LogP contribution in [0.2, 0.25) is 0 Å². The number of hydrogen-bond donors (Lipinski definition) is 0. The third-order valence-electron chi connectivity index (χ3n) is 1.91. The second-order valence-corrected chi connectivity index (χ2v) is 3.00. The Balaban J connectivity index is 0.00000112. The van der Waals surface area contributed by atoms with Crippen LogP contribution in [-0.2, 0) is 0 Å². The van der Waals surface area contributed by atoms with E-state index in [0.717, 1.165) is 6.07 Å². The SMILES string of the molecule is Cc1nc2cccc([B-](F)(F)F)c2o1.[K+]. The van der Waals surface area contributed by atoms with Crippen molar-refractivity contribution in [2.75, 3.05) is 0 Å². The minimum absolute atomic E-state index is 0. The molecule has 0 atom stereocenters. The molecule has 0 spiro atoms. The molecule has 74 valence electrons. The van der Waals surface area contributed by atoms with Crippen LogP contribution >= 0.6 is 0 Å². The number of para-hydroxylation sites is 1. The average molecular weight is 239 g/mol. The Morgan fingerprint density at radius 2 is 1.93 bits per heavy atom. The standard InChI is InChI=1S/C8H6BF3NO.K/c1-5-13-7-4-2-3-6(8(7)14-5)9(10,11)12;/h2-4H,1H3;/q-1;+1. The van der Waals surface area contributed by atoms with Crippen LogP contribution in [0.5, 0.6) is 0 Å². The molecule has 0 aliphatic heterocycles. The zero-order chi connectivity index (χ0) is 10.3. The van der Waals surface area contributed by atoms with Gasteiger partial charge >= 0.3 is 58.4 Å². The molecule has 1 aromatic carbocycles. The summed E-state index contributed by atoms with van der Waals surface area (Å²) in [7, 11) is 0. The second kappa shape index (κ2) is 4.59. The predicted molar refractivity (Wildman–Crippen MR) is 47.5 cm³/mol. The van der Waals surface area contributed by atoms with Crippen LogP contribution in [0.25, 0.3) is 11.1 Å². The maximum atomic E-state index is 12.5. The summed E-state index contributed by atoms with van der Waals surface area (Å²) in [6.07, 6.45) is 0. The molecule has 0 N–H and O–H groups in total. The normalized spacial score (nSPS) is 11.5. The molecule has 0 amide bonds. The van der Waals surface area contributed by atoms with E-state index in [-0.39, 0.29) is 68.4 Å². The number of fused-ring (bicyclic) bond motifs is 1. The summed E-state index contributed by atoms with van der Waals surface area (Å²) in [5.74, 6) is 0.243. The molecule has 0 aliphatic rings. The molecule has 1 aromatic heterocycles. The molecular formula is C8H6BF3KNO. The molecule has 0 unspecified atom stereocenters. The van der Waals surface area contributed by atoms with E-state index in [1.807, 2.05) is 0 Å². The third kappa shape index (κ3) is 2.65. The molecular weight excluding hydrogens is 233 g/mol. The summed E-state index contributed by atoms with van der Waals surface area (Å²) < 4.78 is 42.4. The van der Waals surface area contributed by atoms with Gasteiger partial charge in [0.15, 0.2) is 5.89 Å². The second-order valence-electron chi connectivity index (χ2n) is 3.00. The fraction of sp³-hybridized carbons (Fsp3) is 0.125. The van der Waals surface area contributed by atoms with Gasteiger partial charge in [0.2, 0.25) is 0 Å². The first-order valence-corrected chi connectivity index (χ1v) is 4.04. The maximum absolute atomic E-state index is 12.5. The van der Waals surface area contributed by atoms with Crippen molar-refractivity contribution >= 4 is 23.5 Å². The molecule has 0 fully saturated rings. The van der Waals surface area contributed by atoms with Crippen molar-refractivity contribution in [2.24, 2.45) is 0 Å². The van der Waals surface area contributed by atoms with E-state index in [2.05, 4.69) is 4.98 Å². The maximum Gasteiger partial charge on any atom is 1.00 e. The molecule has 2 aromatic rings. The average Bonchev–Trinajstić information content (AvgIpc) is 2.41. The van der Waals surface area contributed by atoms with Crippen LogP contribution in [0.3, 0.4) is 0 Å². The Labute approximate surface area is 127 Å². The van der Waals surface area contributed by atoms with Crippen LogP contribution in [0.1, 0.15) is 5.89 Å². The van der Waals surface area contributed by atoms with Crippen molar-refractivity contribution in [1.29, 1.82) is 0 Å². The minimum Gasteiger partial charge on any atom is -0.445 e. The van der Waals surface area contributed by atoms with Crippen molar-refractivity contribution in [2.45, 2.75) is 6.92 Å². The van der Waals surface area contributed by atoms with Gasteiger partial charge in [-0.2, -0.15) is 0 Å². The number of rotatable bonds is 1. The number of aryl methyl sites for hydroxylation is 1. The number of oxazole rings is 1. The monoisotopic (exact) mass is 239 g/mol. The Kier molecular flexibility index (Phi) is 4.05. The number of halogens is 3. The van der Waals surface area contributed by atoms with Crippen molar-refractivity contribution in [3.8, 4) is 0 Å². The van der Waals surface area contributed by atoms with Gasteiger partial charge in [0.05, 0.1) is 0 Å². The fourth-order valence-corrected chi connectivity index (χ4v) is 1.34. The van der Waals surface area contributed by atoms with Crippen LogP contribution in [-0.4, -0.2) is 12.0 Å². The first-order chi connectivity index (χ1) is 6.48. The molecule has 0 aliphatic carbocycles. The molecule has 0 saturated carbocycles. The molecule has 1 heterocycles. The van der Waals surface area contributed by atoms with E-state index in [1.54, 1.807) is 0 Å². The summed E-state index contributed by atoms with van der Waals surface area (Å²) in [6, 6.07) is 3.83. The first-order valence-electron chi connectivity index (χ1n) is 4.04. The van der Waals surface area contributed by atoms with E-state index in [1.165, 1.54) is 19.1 Å². The Morgan fingerprint density at radius 3 is 2.53 bits per heavy atom. The Bertz CT molecular complexity index is 482. The van der Waals surface area contributed by atoms with E-state index in [4.69, 9.17) is 4.42 Å². The van der Waals surface area contributed by atoms with E-state index >= 15 is 0 Å². The quantitative estimate of drug-likeness (QED) is 0.608. The zero-order valence-electron chi connectivity index (χ0n) is 8.30. The molecule has 7 heteroatoms. The molecule has 2 nitrogen and oxygen atoms in total. The Morgan fingerprint density at radius 1 is 1.27 bits per heavy atom. The molecule has 15 heavy (non-hydrogen) atoms. The minimum atomic E-state index is -5.04. The number of benzene rings is 1. The van der Waals surface area contributed by atoms with Gasteiger partial charge < -0.3 is 17.4 Å². The van der Waals surface area contributed by atoms with Crippen molar-refractivity contribution < 1.29 is 68.7 Å². The molecule has 0 radical (unpaired) electrons. The van der Waals surface area contributed by atoms with Crippen LogP contribution in [0.4, 0.5) is 12.9 Å². The van der Waals surface area contributed by atoms with E-state index in [0.29, 0.717) is 0 Å². The van der Waals surface area contributed by atoms with Gasteiger partial charge in [-0.1, -0.05) is 17.6 Å². The van der Waals surface area contributed by atoms with Gasteiger partial charge in [-0.3, -0.25) is 0 Å². The first kappa shape index (κ1) is 13.2. The van der Waals surface area contributed by atoms with Crippen LogP contribution in [0, 0.1) is 6.92 Å². The van der Waals surface area contributed by atoms with Gasteiger partial charge in [0.25, 0.3) is 0 Å². The Hall–Kier alpha value is 0.181. The number of nitrogens with zero attached hydrogens (tertiary/aromatic N) is 1. The third-order valence-corrected chi connectivity index (χ3v) is 1.91. The van der Waals surface area contributed by atoms with Gasteiger partial charge in [-0.15, -0.1) is 0 Å². The van der Waals surface area contributed by atoms with E-state index in [9.17, 15) is 12.9 Å². The fourth-order valence-electron chi connectivity index (χ4n) is 1.34. The van der Waals surface area contributed by atoms with Gasteiger partial charge in [-0.25, -0.2) is 4.98 Å². The zero-order valence-corrected chi connectivity index (χ0v) is 11.4.